The molecule has 0 saturated heterocycles. The van der Waals surface area contributed by atoms with Gasteiger partial charge in [0.15, 0.2) is 0 Å². The molecule has 3 amide bonds. The van der Waals surface area contributed by atoms with Crippen molar-refractivity contribution in [3.63, 3.8) is 0 Å². The van der Waals surface area contributed by atoms with Gasteiger partial charge in [-0.05, 0) is 54.7 Å². The summed E-state index contributed by atoms with van der Waals surface area (Å²) in [6, 6.07) is 6.66. The number of hydrogen-bond acceptors (Lipinski definition) is 8. The second kappa shape index (κ2) is 14.8. The van der Waals surface area contributed by atoms with E-state index in [1.54, 1.807) is 0 Å². The maximum Gasteiger partial charge on any atom is 0.326 e. The van der Waals surface area contributed by atoms with Gasteiger partial charge in [0.2, 0.25) is 17.7 Å². The molecule has 0 aliphatic carbocycles. The first kappa shape index (κ1) is 32.1. The third-order valence-corrected chi connectivity index (χ3v) is 6.12. The number of carbonyl (C=O) groups is 4. The number of phenols is 2. The van der Waals surface area contributed by atoms with Crippen molar-refractivity contribution < 1.29 is 39.6 Å². The highest BCUT2D eigenvalue weighted by Crippen LogP contribution is 2.14. The number of aliphatic hydroxyl groups excluding tert-OH is 1. The van der Waals surface area contributed by atoms with Crippen LogP contribution in [0.25, 0.3) is 0 Å². The fraction of sp³-hybridized carbons (Fsp3) is 0.429. The Labute approximate surface area is 232 Å². The standard InChI is InChI=1S/C28H38N4O8/c1-15(2)12-21(29)25(36)32-24(16(3)33)27(38)30-22(13-17-4-8-19(34)9-5-17)26(37)31-23(28(39)40)14-18-6-10-20(35)11-7-18/h4-11,15-16,21-24,33-35H,12-14,29H2,1-3H3,(H,30,38)(H,31,37)(H,32,36)(H,39,40). The van der Waals surface area contributed by atoms with Crippen LogP contribution in [0.3, 0.4) is 0 Å². The van der Waals surface area contributed by atoms with E-state index in [1.165, 1.54) is 55.5 Å². The van der Waals surface area contributed by atoms with Crippen LogP contribution in [0, 0.1) is 5.92 Å². The number of hydrogen-bond donors (Lipinski definition) is 8. The SMILES string of the molecule is CC(C)CC(N)C(=O)NC(C(=O)NC(Cc1ccc(O)cc1)C(=O)NC(Cc1ccc(O)cc1)C(=O)O)C(C)O. The van der Waals surface area contributed by atoms with Crippen LogP contribution in [-0.4, -0.2) is 74.4 Å². The minimum atomic E-state index is -1.44. The number of benzene rings is 2. The predicted molar refractivity (Wildman–Crippen MR) is 146 cm³/mol. The van der Waals surface area contributed by atoms with Crippen LogP contribution in [0.5, 0.6) is 11.5 Å². The number of nitrogens with one attached hydrogen (secondary N) is 3. The van der Waals surface area contributed by atoms with Crippen LogP contribution in [-0.2, 0) is 32.0 Å². The second-order valence-electron chi connectivity index (χ2n) is 10.2. The number of aliphatic hydroxyl groups is 1. The molecule has 40 heavy (non-hydrogen) atoms. The van der Waals surface area contributed by atoms with Gasteiger partial charge in [0.05, 0.1) is 12.1 Å². The van der Waals surface area contributed by atoms with Crippen LogP contribution in [0.1, 0.15) is 38.3 Å². The first-order valence-corrected chi connectivity index (χ1v) is 12.9. The van der Waals surface area contributed by atoms with Gasteiger partial charge in [-0.3, -0.25) is 14.4 Å². The highest BCUT2D eigenvalue weighted by Gasteiger charge is 2.32. The third-order valence-electron chi connectivity index (χ3n) is 6.12. The summed E-state index contributed by atoms with van der Waals surface area (Å²) in [7, 11) is 0. The van der Waals surface area contributed by atoms with Gasteiger partial charge in [0.25, 0.3) is 0 Å². The summed E-state index contributed by atoms with van der Waals surface area (Å²) in [6.07, 6.45) is -1.17. The van der Waals surface area contributed by atoms with Gasteiger partial charge in [-0.15, -0.1) is 0 Å². The average Bonchev–Trinajstić information content (AvgIpc) is 2.87. The Balaban J connectivity index is 2.25. The molecule has 0 spiro atoms. The zero-order chi connectivity index (χ0) is 30.0. The number of aliphatic carboxylic acids is 1. The number of amides is 3. The van der Waals surface area contributed by atoms with E-state index < -0.39 is 54.0 Å². The van der Waals surface area contributed by atoms with Gasteiger partial charge in [-0.1, -0.05) is 38.1 Å². The lowest BCUT2D eigenvalue weighted by atomic mass is 10.0. The fourth-order valence-electron chi connectivity index (χ4n) is 3.96. The summed E-state index contributed by atoms with van der Waals surface area (Å²) >= 11 is 0. The molecular formula is C28H38N4O8. The van der Waals surface area contributed by atoms with E-state index in [1.807, 2.05) is 13.8 Å². The molecule has 5 atom stereocenters. The van der Waals surface area contributed by atoms with E-state index in [0.717, 1.165) is 0 Å². The normalized spacial score (nSPS) is 14.8. The van der Waals surface area contributed by atoms with Crippen LogP contribution >= 0.6 is 0 Å². The van der Waals surface area contributed by atoms with E-state index in [9.17, 15) is 39.6 Å². The Bertz CT molecular complexity index is 1150. The van der Waals surface area contributed by atoms with Gasteiger partial charge in [-0.2, -0.15) is 0 Å². The number of aromatic hydroxyl groups is 2. The van der Waals surface area contributed by atoms with E-state index in [4.69, 9.17) is 5.73 Å². The first-order valence-electron chi connectivity index (χ1n) is 12.9. The van der Waals surface area contributed by atoms with Gasteiger partial charge in [-0.25, -0.2) is 4.79 Å². The fourth-order valence-corrected chi connectivity index (χ4v) is 3.96. The molecule has 0 aliphatic heterocycles. The van der Waals surface area contributed by atoms with Gasteiger partial charge >= 0.3 is 5.97 Å². The van der Waals surface area contributed by atoms with Crippen LogP contribution < -0.4 is 21.7 Å². The second-order valence-corrected chi connectivity index (χ2v) is 10.2. The number of carboxylic acid groups (broad SMARTS) is 1. The van der Waals surface area contributed by atoms with Crippen molar-refractivity contribution in [3.05, 3.63) is 59.7 Å². The quantitative estimate of drug-likeness (QED) is 0.159. The van der Waals surface area contributed by atoms with Crippen LogP contribution in [0.4, 0.5) is 0 Å². The molecule has 9 N–H and O–H groups in total. The summed E-state index contributed by atoms with van der Waals surface area (Å²) in [6.45, 7) is 5.06. The molecule has 218 valence electrons. The number of carbonyl (C=O) groups excluding carboxylic acids is 3. The van der Waals surface area contributed by atoms with Gasteiger partial charge < -0.3 is 42.1 Å². The molecule has 2 aromatic carbocycles. The highest BCUT2D eigenvalue weighted by molar-refractivity contribution is 5.94. The maximum absolute atomic E-state index is 13.3. The van der Waals surface area contributed by atoms with Crippen molar-refractivity contribution in [2.24, 2.45) is 11.7 Å². The van der Waals surface area contributed by atoms with Gasteiger partial charge in [0, 0.05) is 12.8 Å². The summed E-state index contributed by atoms with van der Waals surface area (Å²) in [5.74, 6) is -3.55. The van der Waals surface area contributed by atoms with E-state index >= 15 is 0 Å². The van der Waals surface area contributed by atoms with E-state index in [0.29, 0.717) is 17.5 Å². The van der Waals surface area contributed by atoms with Crippen molar-refractivity contribution in [2.45, 2.75) is 70.3 Å². The first-order chi connectivity index (χ1) is 18.8. The molecule has 12 nitrogen and oxygen atoms in total. The van der Waals surface area contributed by atoms with Crippen LogP contribution in [0.2, 0.25) is 0 Å². The Morgan fingerprint density at radius 1 is 0.725 bits per heavy atom. The zero-order valence-electron chi connectivity index (χ0n) is 22.7. The minimum absolute atomic E-state index is 0.00116. The lowest BCUT2D eigenvalue weighted by Gasteiger charge is -2.27. The molecular weight excluding hydrogens is 520 g/mol. The summed E-state index contributed by atoms with van der Waals surface area (Å²) in [5.41, 5.74) is 6.99. The molecule has 0 aromatic heterocycles. The monoisotopic (exact) mass is 558 g/mol. The number of nitrogens with two attached hydrogens (primary N) is 1. The number of carboxylic acids is 1. The largest absolute Gasteiger partial charge is 0.508 e. The molecule has 5 unspecified atom stereocenters. The van der Waals surface area contributed by atoms with Crippen molar-refractivity contribution in [2.75, 3.05) is 0 Å². The highest BCUT2D eigenvalue weighted by atomic mass is 16.4. The van der Waals surface area contributed by atoms with Crippen molar-refractivity contribution in [1.82, 2.24) is 16.0 Å². The Morgan fingerprint density at radius 3 is 1.60 bits per heavy atom. The molecule has 0 heterocycles. The van der Waals surface area contributed by atoms with E-state index in [-0.39, 0.29) is 30.3 Å². The number of rotatable bonds is 14. The molecule has 2 aromatic rings. The summed E-state index contributed by atoms with van der Waals surface area (Å²) in [4.78, 5) is 51.0. The predicted octanol–water partition coefficient (Wildman–Crippen LogP) is 0.176. The molecule has 0 aliphatic rings. The molecule has 12 heteroatoms. The molecule has 0 fully saturated rings. The van der Waals surface area contributed by atoms with Crippen molar-refractivity contribution in [3.8, 4) is 11.5 Å². The Hall–Kier alpha value is -4.16. The molecule has 2 rings (SSSR count). The lowest BCUT2D eigenvalue weighted by Crippen LogP contribution is -2.60. The molecule has 0 radical (unpaired) electrons. The topological polar surface area (TPSA) is 211 Å². The summed E-state index contributed by atoms with van der Waals surface area (Å²) < 4.78 is 0. The summed E-state index contributed by atoms with van der Waals surface area (Å²) in [5, 5.41) is 46.4. The molecule has 0 saturated carbocycles. The maximum atomic E-state index is 13.3. The molecule has 0 bridgehead atoms. The average molecular weight is 559 g/mol. The Kier molecular flexibility index (Phi) is 11.9. The Morgan fingerprint density at radius 2 is 1.18 bits per heavy atom. The van der Waals surface area contributed by atoms with Crippen molar-refractivity contribution >= 4 is 23.7 Å². The smallest absolute Gasteiger partial charge is 0.326 e. The lowest BCUT2D eigenvalue weighted by molar-refractivity contribution is -0.142. The van der Waals surface area contributed by atoms with Crippen molar-refractivity contribution in [1.29, 1.82) is 0 Å². The third kappa shape index (κ3) is 10.2. The minimum Gasteiger partial charge on any atom is -0.508 e. The zero-order valence-corrected chi connectivity index (χ0v) is 22.7. The van der Waals surface area contributed by atoms with E-state index in [2.05, 4.69) is 16.0 Å². The van der Waals surface area contributed by atoms with Crippen LogP contribution in [0.15, 0.2) is 48.5 Å². The number of phenolic OH excluding ortho intramolecular Hbond substituents is 2. The van der Waals surface area contributed by atoms with Gasteiger partial charge in [0.1, 0.15) is 29.6 Å².